The summed E-state index contributed by atoms with van der Waals surface area (Å²) in [5, 5.41) is 7.75. The predicted octanol–water partition coefficient (Wildman–Crippen LogP) is 3.34. The third kappa shape index (κ3) is 5.17. The fraction of sp³-hybridized carbons (Fsp3) is 0.261. The number of nitrogens with one attached hydrogen (secondary N) is 1. The number of nitrogens with two attached hydrogens (primary N) is 1. The van der Waals surface area contributed by atoms with E-state index in [0.29, 0.717) is 24.9 Å². The number of ether oxygens (including phenoxy) is 1. The predicted molar refractivity (Wildman–Crippen MR) is 127 cm³/mol. The molecule has 4 heterocycles. The number of aryl methyl sites for hydroxylation is 1. The van der Waals surface area contributed by atoms with Gasteiger partial charge >= 0.3 is 6.61 Å². The number of nitrogen functional groups attached to an aromatic ring is 1. The van der Waals surface area contributed by atoms with Crippen LogP contribution in [0.5, 0.6) is 0 Å². The second kappa shape index (κ2) is 9.58. The van der Waals surface area contributed by atoms with Gasteiger partial charge < -0.3 is 20.7 Å². The zero-order valence-corrected chi connectivity index (χ0v) is 18.8. The number of nitrogens with zero attached hydrogens (tertiary/aromatic N) is 7. The van der Waals surface area contributed by atoms with Gasteiger partial charge in [-0.25, -0.2) is 19.6 Å². The van der Waals surface area contributed by atoms with E-state index in [-0.39, 0.29) is 18.5 Å². The molecule has 0 amide bonds. The molecule has 4 aromatic rings. The molecule has 0 radical (unpaired) electrons. The normalized spacial score (nSPS) is 13.8. The first-order valence-electron chi connectivity index (χ1n) is 10.9. The monoisotopic (exact) mass is 479 g/mol. The lowest BCUT2D eigenvalue weighted by atomic mass is 10.0. The molecule has 0 bridgehead atoms. The summed E-state index contributed by atoms with van der Waals surface area (Å²) in [5.74, 6) is 2.21. The average Bonchev–Trinajstić information content (AvgIpc) is 3.19. The van der Waals surface area contributed by atoms with E-state index < -0.39 is 6.61 Å². The van der Waals surface area contributed by atoms with Crippen molar-refractivity contribution in [1.29, 1.82) is 0 Å². The zero-order valence-electron chi connectivity index (χ0n) is 18.8. The lowest BCUT2D eigenvalue weighted by Gasteiger charge is -2.39. The molecule has 0 saturated carbocycles. The molecule has 5 rings (SSSR count). The number of anilines is 4. The highest BCUT2D eigenvalue weighted by Gasteiger charge is 2.28. The van der Waals surface area contributed by atoms with Crippen LogP contribution in [0.2, 0.25) is 0 Å². The average molecular weight is 479 g/mol. The summed E-state index contributed by atoms with van der Waals surface area (Å²) in [6.45, 7) is -1.40. The molecule has 0 atom stereocenters. The van der Waals surface area contributed by atoms with Crippen LogP contribution >= 0.6 is 0 Å². The third-order valence-electron chi connectivity index (χ3n) is 5.62. The van der Waals surface area contributed by atoms with Crippen molar-refractivity contribution in [2.75, 3.05) is 35.6 Å². The van der Waals surface area contributed by atoms with E-state index in [1.807, 2.05) is 41.3 Å². The zero-order chi connectivity index (χ0) is 24.4. The van der Waals surface area contributed by atoms with E-state index in [9.17, 15) is 8.78 Å². The minimum atomic E-state index is -2.73. The Balaban J connectivity index is 1.22. The maximum atomic E-state index is 12.2. The van der Waals surface area contributed by atoms with Crippen LogP contribution in [0.1, 0.15) is 0 Å². The van der Waals surface area contributed by atoms with Crippen molar-refractivity contribution in [3.05, 3.63) is 54.9 Å². The highest BCUT2D eigenvalue weighted by atomic mass is 19.3. The Bertz CT molecular complexity index is 1290. The van der Waals surface area contributed by atoms with Gasteiger partial charge in [-0.15, -0.1) is 5.10 Å². The van der Waals surface area contributed by atoms with Gasteiger partial charge in [-0.1, -0.05) is 12.1 Å². The molecule has 0 spiro atoms. The lowest BCUT2D eigenvalue weighted by molar-refractivity contribution is -0.139. The molecular weight excluding hydrogens is 456 g/mol. The first kappa shape index (κ1) is 22.6. The first-order chi connectivity index (χ1) is 16.9. The van der Waals surface area contributed by atoms with E-state index in [0.717, 1.165) is 28.3 Å². The van der Waals surface area contributed by atoms with Crippen molar-refractivity contribution in [3.63, 3.8) is 0 Å². The summed E-state index contributed by atoms with van der Waals surface area (Å²) in [6, 6.07) is 13.3. The van der Waals surface area contributed by atoms with Crippen LogP contribution in [0, 0.1) is 5.92 Å². The minimum absolute atomic E-state index is 0.0534. The molecule has 1 saturated heterocycles. The molecule has 0 unspecified atom stereocenters. The summed E-state index contributed by atoms with van der Waals surface area (Å²) >= 11 is 0. The fourth-order valence-corrected chi connectivity index (χ4v) is 3.78. The Hall–Kier alpha value is -4.19. The Morgan fingerprint density at radius 3 is 2.51 bits per heavy atom. The lowest BCUT2D eigenvalue weighted by Crippen LogP contribution is -2.49. The van der Waals surface area contributed by atoms with Gasteiger partial charge in [-0.3, -0.25) is 0 Å². The van der Waals surface area contributed by atoms with Gasteiger partial charge in [0, 0.05) is 55.3 Å². The van der Waals surface area contributed by atoms with Crippen molar-refractivity contribution in [3.8, 4) is 22.6 Å². The van der Waals surface area contributed by atoms with E-state index in [1.165, 1.54) is 0 Å². The standard InChI is InChI=1S/C23H23F2N9O/c1-33-23(29-17-5-2-15(3-6-17)18-8-9-27-22(26)30-18)31-20(32-33)16-4-7-19(28-10-16)34-11-14(12-34)13-35-21(24)25/h2-10,14,21H,11-13H2,1H3,(H2,26,27,30)(H,29,31,32). The van der Waals surface area contributed by atoms with Crippen LogP contribution in [0.4, 0.5) is 32.2 Å². The van der Waals surface area contributed by atoms with Crippen molar-refractivity contribution in [2.45, 2.75) is 6.61 Å². The smallest absolute Gasteiger partial charge is 0.345 e. The number of alkyl halides is 2. The highest BCUT2D eigenvalue weighted by Crippen LogP contribution is 2.26. The van der Waals surface area contributed by atoms with Crippen LogP contribution < -0.4 is 16.0 Å². The van der Waals surface area contributed by atoms with E-state index in [4.69, 9.17) is 5.73 Å². The number of pyridine rings is 1. The number of rotatable bonds is 8. The Morgan fingerprint density at radius 1 is 1.06 bits per heavy atom. The Labute approximate surface area is 199 Å². The molecule has 3 aromatic heterocycles. The van der Waals surface area contributed by atoms with Crippen LogP contribution in [-0.2, 0) is 11.8 Å². The van der Waals surface area contributed by atoms with Gasteiger partial charge in [0.25, 0.3) is 0 Å². The molecular formula is C23H23F2N9O. The van der Waals surface area contributed by atoms with Crippen LogP contribution in [0.15, 0.2) is 54.9 Å². The number of halogens is 2. The largest absolute Gasteiger partial charge is 0.368 e. The third-order valence-corrected chi connectivity index (χ3v) is 5.62. The first-order valence-corrected chi connectivity index (χ1v) is 10.9. The number of aromatic nitrogens is 6. The van der Waals surface area contributed by atoms with E-state index in [2.05, 4.69) is 35.1 Å². The van der Waals surface area contributed by atoms with Crippen molar-refractivity contribution in [2.24, 2.45) is 13.0 Å². The molecule has 0 aliphatic carbocycles. The second-order valence-electron chi connectivity index (χ2n) is 8.16. The van der Waals surface area contributed by atoms with Crippen molar-refractivity contribution < 1.29 is 13.5 Å². The van der Waals surface area contributed by atoms with Crippen LogP contribution in [-0.4, -0.2) is 56.0 Å². The number of benzene rings is 1. The van der Waals surface area contributed by atoms with Crippen molar-refractivity contribution >= 4 is 23.4 Å². The molecule has 1 aliphatic heterocycles. The van der Waals surface area contributed by atoms with Gasteiger partial charge in [0.2, 0.25) is 11.9 Å². The second-order valence-corrected chi connectivity index (χ2v) is 8.16. The molecule has 12 heteroatoms. The number of hydrogen-bond acceptors (Lipinski definition) is 9. The quantitative estimate of drug-likeness (QED) is 0.392. The highest BCUT2D eigenvalue weighted by molar-refractivity contribution is 5.66. The maximum Gasteiger partial charge on any atom is 0.345 e. The Kier molecular flexibility index (Phi) is 6.19. The molecule has 1 fully saturated rings. The van der Waals surface area contributed by atoms with Gasteiger partial charge in [0.05, 0.1) is 12.3 Å². The molecule has 1 aromatic carbocycles. The summed E-state index contributed by atoms with van der Waals surface area (Å²) < 4.78 is 30.3. The maximum absolute atomic E-state index is 12.2. The molecule has 180 valence electrons. The van der Waals surface area contributed by atoms with Crippen LogP contribution in [0.3, 0.4) is 0 Å². The number of hydrogen-bond donors (Lipinski definition) is 2. The summed E-state index contributed by atoms with van der Waals surface area (Å²) in [5.41, 5.74) is 8.95. The minimum Gasteiger partial charge on any atom is -0.368 e. The van der Waals surface area contributed by atoms with Gasteiger partial charge in [0.15, 0.2) is 5.82 Å². The summed E-state index contributed by atoms with van der Waals surface area (Å²) in [4.78, 5) is 19.2. The van der Waals surface area contributed by atoms with E-state index in [1.54, 1.807) is 30.2 Å². The molecule has 10 nitrogen and oxygen atoms in total. The Morgan fingerprint density at radius 2 is 1.83 bits per heavy atom. The molecule has 35 heavy (non-hydrogen) atoms. The topological polar surface area (TPSA) is 120 Å². The molecule has 1 aliphatic rings. The summed E-state index contributed by atoms with van der Waals surface area (Å²) in [6.07, 6.45) is 3.33. The van der Waals surface area contributed by atoms with E-state index >= 15 is 0 Å². The van der Waals surface area contributed by atoms with Gasteiger partial charge in [-0.2, -0.15) is 13.8 Å². The van der Waals surface area contributed by atoms with Crippen LogP contribution in [0.25, 0.3) is 22.6 Å². The SMILES string of the molecule is Cn1nc(-c2ccc(N3CC(COC(F)F)C3)nc2)nc1Nc1ccc(-c2ccnc(N)n2)cc1. The van der Waals surface area contributed by atoms with Gasteiger partial charge in [0.1, 0.15) is 5.82 Å². The van der Waals surface area contributed by atoms with Crippen molar-refractivity contribution in [1.82, 2.24) is 29.7 Å². The summed E-state index contributed by atoms with van der Waals surface area (Å²) in [7, 11) is 1.81. The molecule has 3 N–H and O–H groups in total. The fourth-order valence-electron chi connectivity index (χ4n) is 3.78. The van der Waals surface area contributed by atoms with Gasteiger partial charge in [-0.05, 0) is 30.3 Å².